The molecule has 0 saturated heterocycles. The first-order chi connectivity index (χ1) is 8.25. The minimum Gasteiger partial charge on any atom is -0.308 e. The van der Waals surface area contributed by atoms with E-state index >= 15 is 0 Å². The Morgan fingerprint density at radius 3 is 2.24 bits per heavy atom. The third-order valence-corrected chi connectivity index (χ3v) is 2.74. The first kappa shape index (κ1) is 11.6. The molecule has 0 bridgehead atoms. The summed E-state index contributed by atoms with van der Waals surface area (Å²) in [6.07, 6.45) is 0. The molecule has 2 aromatic carbocycles. The maximum Gasteiger partial charge on any atom is 0.323 e. The Balaban J connectivity index is 2.01. The van der Waals surface area contributed by atoms with Crippen LogP contribution in [0.3, 0.4) is 0 Å². The number of carbonyl (C=O) groups is 1. The molecular formula is C13H13N2OP. The number of para-hydroxylation sites is 2. The third kappa shape index (κ3) is 3.30. The van der Waals surface area contributed by atoms with E-state index in [0.29, 0.717) is 0 Å². The predicted octanol–water partition coefficient (Wildman–Crippen LogP) is 2.83. The maximum atomic E-state index is 11.7. The Bertz CT molecular complexity index is 514. The Kier molecular flexibility index (Phi) is 3.73. The molecule has 0 saturated carbocycles. The molecule has 0 aliphatic heterocycles. The van der Waals surface area contributed by atoms with Crippen LogP contribution >= 0.6 is 9.24 Å². The van der Waals surface area contributed by atoms with Crippen molar-refractivity contribution >= 4 is 32.0 Å². The Morgan fingerprint density at radius 2 is 1.53 bits per heavy atom. The topological polar surface area (TPSA) is 41.1 Å². The molecule has 0 heterocycles. The van der Waals surface area contributed by atoms with Crippen molar-refractivity contribution in [3.63, 3.8) is 0 Å². The van der Waals surface area contributed by atoms with Crippen molar-refractivity contribution in [2.24, 2.45) is 0 Å². The van der Waals surface area contributed by atoms with E-state index in [4.69, 9.17) is 0 Å². The van der Waals surface area contributed by atoms with E-state index in [1.54, 1.807) is 0 Å². The van der Waals surface area contributed by atoms with Gasteiger partial charge in [-0.25, -0.2) is 4.79 Å². The second-order valence-electron chi connectivity index (χ2n) is 3.53. The van der Waals surface area contributed by atoms with Gasteiger partial charge in [0, 0.05) is 11.4 Å². The van der Waals surface area contributed by atoms with Gasteiger partial charge in [0.2, 0.25) is 0 Å². The van der Waals surface area contributed by atoms with Crippen molar-refractivity contribution in [3.05, 3.63) is 54.6 Å². The van der Waals surface area contributed by atoms with Gasteiger partial charge >= 0.3 is 6.03 Å². The van der Waals surface area contributed by atoms with E-state index in [2.05, 4.69) is 19.9 Å². The number of urea groups is 1. The lowest BCUT2D eigenvalue weighted by Crippen LogP contribution is -2.21. The van der Waals surface area contributed by atoms with Crippen molar-refractivity contribution in [3.8, 4) is 0 Å². The number of carbonyl (C=O) groups excluding carboxylic acids is 1. The van der Waals surface area contributed by atoms with Crippen LogP contribution in [-0.2, 0) is 0 Å². The van der Waals surface area contributed by atoms with Crippen LogP contribution in [-0.4, -0.2) is 6.03 Å². The van der Waals surface area contributed by atoms with E-state index in [0.717, 1.165) is 16.7 Å². The molecule has 86 valence electrons. The molecule has 0 aliphatic rings. The van der Waals surface area contributed by atoms with Crippen LogP contribution in [0.15, 0.2) is 54.6 Å². The fourth-order valence-corrected chi connectivity index (χ4v) is 1.70. The monoisotopic (exact) mass is 244 g/mol. The lowest BCUT2D eigenvalue weighted by Gasteiger charge is -2.09. The zero-order valence-corrected chi connectivity index (χ0v) is 10.3. The van der Waals surface area contributed by atoms with E-state index in [9.17, 15) is 4.79 Å². The molecule has 2 N–H and O–H groups in total. The number of nitrogens with one attached hydrogen (secondary N) is 2. The summed E-state index contributed by atoms with van der Waals surface area (Å²) in [5.41, 5.74) is 1.55. The predicted molar refractivity (Wildman–Crippen MR) is 74.9 cm³/mol. The fraction of sp³-hybridized carbons (Fsp3) is 0. The molecule has 17 heavy (non-hydrogen) atoms. The number of benzene rings is 2. The summed E-state index contributed by atoms with van der Waals surface area (Å²) >= 11 is 0. The zero-order chi connectivity index (χ0) is 12.1. The summed E-state index contributed by atoms with van der Waals surface area (Å²) in [4.78, 5) is 11.7. The Hall–Kier alpha value is -1.86. The largest absolute Gasteiger partial charge is 0.323 e. The summed E-state index contributed by atoms with van der Waals surface area (Å²) in [5, 5.41) is 6.50. The van der Waals surface area contributed by atoms with Crippen molar-refractivity contribution < 1.29 is 4.79 Å². The first-order valence-electron chi connectivity index (χ1n) is 5.23. The normalized spacial score (nSPS) is 9.71. The number of hydrogen-bond donors (Lipinski definition) is 2. The minimum atomic E-state index is -0.244. The van der Waals surface area contributed by atoms with Crippen LogP contribution < -0.4 is 15.9 Å². The van der Waals surface area contributed by atoms with Crippen molar-refractivity contribution in [2.45, 2.75) is 0 Å². The second-order valence-corrected chi connectivity index (χ2v) is 4.15. The van der Waals surface area contributed by atoms with Gasteiger partial charge in [-0.3, -0.25) is 0 Å². The van der Waals surface area contributed by atoms with Crippen LogP contribution in [0.2, 0.25) is 0 Å². The minimum absolute atomic E-state index is 0.244. The molecule has 2 rings (SSSR count). The van der Waals surface area contributed by atoms with E-state index in [-0.39, 0.29) is 6.03 Å². The lowest BCUT2D eigenvalue weighted by molar-refractivity contribution is 0.262. The third-order valence-electron chi connectivity index (χ3n) is 2.24. The van der Waals surface area contributed by atoms with Gasteiger partial charge < -0.3 is 10.6 Å². The van der Waals surface area contributed by atoms with Crippen LogP contribution in [0.25, 0.3) is 0 Å². The summed E-state index contributed by atoms with van der Waals surface area (Å²) in [7, 11) is 2.58. The summed E-state index contributed by atoms with van der Waals surface area (Å²) < 4.78 is 0. The highest BCUT2D eigenvalue weighted by Crippen LogP contribution is 2.09. The standard InChI is InChI=1S/C13H13N2OP/c16-13(14-10-6-2-1-3-7-10)15-11-8-4-5-9-12(11)17/h1-9H,17H2,(H2,14,15,16). The summed E-state index contributed by atoms with van der Waals surface area (Å²) in [5.74, 6) is 0. The van der Waals surface area contributed by atoms with Crippen LogP contribution in [0.5, 0.6) is 0 Å². The van der Waals surface area contributed by atoms with Gasteiger partial charge in [-0.05, 0) is 23.5 Å². The molecule has 1 atom stereocenters. The SMILES string of the molecule is O=C(Nc1ccccc1)Nc1ccccc1P. The van der Waals surface area contributed by atoms with Gasteiger partial charge in [0.1, 0.15) is 0 Å². The average Bonchev–Trinajstić information content (AvgIpc) is 2.33. The highest BCUT2D eigenvalue weighted by molar-refractivity contribution is 7.28. The van der Waals surface area contributed by atoms with Gasteiger partial charge in [0.15, 0.2) is 0 Å². The van der Waals surface area contributed by atoms with E-state index < -0.39 is 0 Å². The molecule has 0 aromatic heterocycles. The lowest BCUT2D eigenvalue weighted by atomic mass is 10.3. The Morgan fingerprint density at radius 1 is 0.882 bits per heavy atom. The average molecular weight is 244 g/mol. The van der Waals surface area contributed by atoms with Gasteiger partial charge in [-0.15, -0.1) is 9.24 Å². The zero-order valence-electron chi connectivity index (χ0n) is 9.18. The molecule has 0 spiro atoms. The highest BCUT2D eigenvalue weighted by atomic mass is 31.0. The van der Waals surface area contributed by atoms with E-state index in [1.165, 1.54) is 0 Å². The van der Waals surface area contributed by atoms with Gasteiger partial charge in [0.05, 0.1) is 0 Å². The second kappa shape index (κ2) is 5.46. The quantitative estimate of drug-likeness (QED) is 0.783. The van der Waals surface area contributed by atoms with Gasteiger partial charge in [-0.1, -0.05) is 36.4 Å². The first-order valence-corrected chi connectivity index (χ1v) is 5.81. The molecular weight excluding hydrogens is 231 g/mol. The number of amides is 2. The molecule has 0 aliphatic carbocycles. The molecule has 0 radical (unpaired) electrons. The Labute approximate surface area is 102 Å². The number of rotatable bonds is 2. The number of anilines is 2. The number of hydrogen-bond acceptors (Lipinski definition) is 1. The van der Waals surface area contributed by atoms with Crippen molar-refractivity contribution in [1.29, 1.82) is 0 Å². The van der Waals surface area contributed by atoms with E-state index in [1.807, 2.05) is 54.6 Å². The maximum absolute atomic E-state index is 11.7. The van der Waals surface area contributed by atoms with Crippen LogP contribution in [0.4, 0.5) is 16.2 Å². The van der Waals surface area contributed by atoms with Crippen LogP contribution in [0, 0.1) is 0 Å². The molecule has 3 nitrogen and oxygen atoms in total. The fourth-order valence-electron chi connectivity index (χ4n) is 1.42. The van der Waals surface area contributed by atoms with Gasteiger partial charge in [0.25, 0.3) is 0 Å². The molecule has 0 fully saturated rings. The van der Waals surface area contributed by atoms with Crippen molar-refractivity contribution in [1.82, 2.24) is 0 Å². The van der Waals surface area contributed by atoms with Crippen molar-refractivity contribution in [2.75, 3.05) is 10.6 Å². The van der Waals surface area contributed by atoms with Crippen LogP contribution in [0.1, 0.15) is 0 Å². The summed E-state index contributed by atoms with van der Waals surface area (Å²) in [6, 6.07) is 16.7. The van der Waals surface area contributed by atoms with Gasteiger partial charge in [-0.2, -0.15) is 0 Å². The summed E-state index contributed by atoms with van der Waals surface area (Å²) in [6.45, 7) is 0. The highest BCUT2D eigenvalue weighted by Gasteiger charge is 2.03. The molecule has 1 unspecified atom stereocenters. The smallest absolute Gasteiger partial charge is 0.308 e. The molecule has 4 heteroatoms. The molecule has 2 amide bonds. The molecule has 2 aromatic rings.